The van der Waals surface area contributed by atoms with Crippen LogP contribution >= 0.6 is 0 Å². The smallest absolute Gasteiger partial charge is 0.351 e. The molecule has 3 heterocycles. The second-order valence-corrected chi connectivity index (χ2v) is 8.15. The molecule has 0 aliphatic carbocycles. The van der Waals surface area contributed by atoms with Gasteiger partial charge in [0.25, 0.3) is 0 Å². The van der Waals surface area contributed by atoms with E-state index in [4.69, 9.17) is 4.74 Å². The first-order valence-electron chi connectivity index (χ1n) is 10.6. The van der Waals surface area contributed by atoms with Crippen molar-refractivity contribution in [2.75, 3.05) is 7.11 Å². The third-order valence-corrected chi connectivity index (χ3v) is 6.26. The Balaban J connectivity index is 1.53. The van der Waals surface area contributed by atoms with Gasteiger partial charge in [-0.25, -0.2) is 10.1 Å². The van der Waals surface area contributed by atoms with E-state index in [-0.39, 0.29) is 12.0 Å². The molecule has 1 saturated heterocycles. The van der Waals surface area contributed by atoms with Gasteiger partial charge < -0.3 is 4.74 Å². The van der Waals surface area contributed by atoms with Crippen LogP contribution in [0.5, 0.6) is 0 Å². The molecule has 0 aromatic heterocycles. The fraction of sp³-hybridized carbons (Fsp3) is 0.810. The number of hydrogen-bond donors (Lipinski definition) is 2. The van der Waals surface area contributed by atoms with Crippen LogP contribution in [-0.4, -0.2) is 41.7 Å². The highest BCUT2D eigenvalue weighted by molar-refractivity contribution is 5.93. The van der Waals surface area contributed by atoms with Crippen LogP contribution < -0.4 is 10.6 Å². The highest BCUT2D eigenvalue weighted by Gasteiger charge is 2.47. The van der Waals surface area contributed by atoms with E-state index < -0.39 is 0 Å². The van der Waals surface area contributed by atoms with Gasteiger partial charge >= 0.3 is 11.9 Å². The molecular formula is C21H36N3O2+. The fourth-order valence-electron chi connectivity index (χ4n) is 4.92. The molecule has 3 aliphatic heterocycles. The maximum Gasteiger partial charge on any atom is 0.351 e. The number of guanidine groups is 1. The van der Waals surface area contributed by atoms with Gasteiger partial charge in [-0.15, -0.1) is 0 Å². The zero-order valence-corrected chi connectivity index (χ0v) is 16.8. The summed E-state index contributed by atoms with van der Waals surface area (Å²) in [5, 5.41) is 7.17. The van der Waals surface area contributed by atoms with Crippen LogP contribution in [0.15, 0.2) is 11.3 Å². The topological polar surface area (TPSA) is 53.4 Å². The summed E-state index contributed by atoms with van der Waals surface area (Å²) in [5.41, 5.74) is 1.75. The van der Waals surface area contributed by atoms with Crippen LogP contribution in [0, 0.1) is 0 Å². The summed E-state index contributed by atoms with van der Waals surface area (Å²) < 4.78 is 7.42. The molecule has 0 aromatic carbocycles. The number of carbonyl (C=O) groups excluding carboxylic acids is 1. The number of nitrogens with one attached hydrogen (secondary N) is 2. The molecule has 0 radical (unpaired) electrons. The average Bonchev–Trinajstić information content (AvgIpc) is 3.05. The molecule has 3 atom stereocenters. The number of unbranched alkanes of at least 4 members (excludes halogenated alkanes) is 6. The van der Waals surface area contributed by atoms with E-state index in [0.29, 0.717) is 12.1 Å². The Morgan fingerprint density at radius 3 is 2.62 bits per heavy atom. The summed E-state index contributed by atoms with van der Waals surface area (Å²) in [6, 6.07) is 1.28. The van der Waals surface area contributed by atoms with Crippen LogP contribution in [-0.2, 0) is 9.53 Å². The van der Waals surface area contributed by atoms with Gasteiger partial charge in [-0.3, -0.25) is 9.89 Å². The highest BCUT2D eigenvalue weighted by Crippen LogP contribution is 2.34. The van der Waals surface area contributed by atoms with Crippen molar-refractivity contribution in [2.24, 2.45) is 0 Å². The van der Waals surface area contributed by atoms with E-state index in [0.717, 1.165) is 23.7 Å². The second kappa shape index (κ2) is 8.92. The SMILES string of the molecule is CCCCCCCCC[C@@H]1C[C@@H]2CC[C@@H]3C(C(=O)OC)=C(C)NC(=[N+]23)N1. The lowest BCUT2D eigenvalue weighted by atomic mass is 9.97. The molecule has 0 saturated carbocycles. The molecule has 26 heavy (non-hydrogen) atoms. The molecule has 0 bridgehead atoms. The third kappa shape index (κ3) is 4.07. The van der Waals surface area contributed by atoms with Crippen LogP contribution in [0.2, 0.25) is 0 Å². The largest absolute Gasteiger partial charge is 0.465 e. The molecule has 0 aromatic rings. The fourth-order valence-corrected chi connectivity index (χ4v) is 4.92. The predicted molar refractivity (Wildman–Crippen MR) is 104 cm³/mol. The lowest BCUT2D eigenvalue weighted by Crippen LogP contribution is -2.59. The standard InChI is InChI=1S/C21H35N3O2/c1-4-5-6-7-8-9-10-11-16-14-17-12-13-18-19(20(25)26-3)15(2)22-21(23-16)24(17)18/h16-18H,4-14H2,1-3H3,(H,22,23,25)/p+1/t16-,17+,18-/m1/s1. The normalized spacial score (nSPS) is 27.1. The minimum atomic E-state index is -0.190. The van der Waals surface area contributed by atoms with Crippen molar-refractivity contribution < 1.29 is 14.1 Å². The number of esters is 1. The Bertz CT molecular complexity index is 582. The lowest BCUT2D eigenvalue weighted by molar-refractivity contribution is -0.580. The molecule has 3 aliphatic rings. The first kappa shape index (κ1) is 19.2. The number of rotatable bonds is 9. The van der Waals surface area contributed by atoms with Gasteiger partial charge in [-0.1, -0.05) is 51.9 Å². The summed E-state index contributed by atoms with van der Waals surface area (Å²) in [5.74, 6) is 0.923. The number of nitrogens with zero attached hydrogens (tertiary/aromatic N) is 1. The number of methoxy groups -OCH3 is 1. The first-order valence-corrected chi connectivity index (χ1v) is 10.6. The van der Waals surface area contributed by atoms with E-state index in [9.17, 15) is 4.79 Å². The molecule has 5 nitrogen and oxygen atoms in total. The number of carbonyl (C=O) groups is 1. The van der Waals surface area contributed by atoms with Gasteiger partial charge in [0.1, 0.15) is 11.6 Å². The van der Waals surface area contributed by atoms with Crippen molar-refractivity contribution in [3.63, 3.8) is 0 Å². The van der Waals surface area contributed by atoms with E-state index in [1.165, 1.54) is 71.3 Å². The monoisotopic (exact) mass is 362 g/mol. The highest BCUT2D eigenvalue weighted by atomic mass is 16.5. The molecule has 1 fully saturated rings. The molecule has 0 spiro atoms. The maximum atomic E-state index is 12.2. The van der Waals surface area contributed by atoms with Crippen molar-refractivity contribution in [3.05, 3.63) is 11.3 Å². The third-order valence-electron chi connectivity index (χ3n) is 6.26. The van der Waals surface area contributed by atoms with Gasteiger partial charge in [-0.2, -0.15) is 0 Å². The molecule has 2 N–H and O–H groups in total. The Morgan fingerprint density at radius 2 is 1.88 bits per heavy atom. The number of allylic oxidation sites excluding steroid dienone is 1. The molecule has 0 unspecified atom stereocenters. The summed E-state index contributed by atoms with van der Waals surface area (Å²) in [4.78, 5) is 12.2. The van der Waals surface area contributed by atoms with Gasteiger partial charge in [0, 0.05) is 6.42 Å². The van der Waals surface area contributed by atoms with Crippen molar-refractivity contribution in [1.82, 2.24) is 10.6 Å². The Labute approximate surface area is 158 Å². The van der Waals surface area contributed by atoms with Crippen LogP contribution in [0.3, 0.4) is 0 Å². The quantitative estimate of drug-likeness (QED) is 0.375. The minimum Gasteiger partial charge on any atom is -0.465 e. The average molecular weight is 363 g/mol. The van der Waals surface area contributed by atoms with Gasteiger partial charge in [0.05, 0.1) is 24.9 Å². The van der Waals surface area contributed by atoms with Crippen LogP contribution in [0.4, 0.5) is 0 Å². The Morgan fingerprint density at radius 1 is 1.15 bits per heavy atom. The first-order chi connectivity index (χ1) is 12.7. The molecule has 0 amide bonds. The van der Waals surface area contributed by atoms with Gasteiger partial charge in [-0.05, 0) is 26.2 Å². The second-order valence-electron chi connectivity index (χ2n) is 8.15. The summed E-state index contributed by atoms with van der Waals surface area (Å²) in [7, 11) is 1.47. The summed E-state index contributed by atoms with van der Waals surface area (Å²) >= 11 is 0. The Kier molecular flexibility index (Phi) is 6.60. The molecule has 3 rings (SSSR count). The Hall–Kier alpha value is -1.52. The van der Waals surface area contributed by atoms with Gasteiger partial charge in [0.2, 0.25) is 0 Å². The van der Waals surface area contributed by atoms with E-state index in [2.05, 4.69) is 22.1 Å². The lowest BCUT2D eigenvalue weighted by Gasteiger charge is -2.33. The van der Waals surface area contributed by atoms with Crippen molar-refractivity contribution >= 4 is 11.9 Å². The minimum absolute atomic E-state index is 0.177. The zero-order valence-electron chi connectivity index (χ0n) is 16.8. The molecule has 5 heteroatoms. The summed E-state index contributed by atoms with van der Waals surface area (Å²) in [6.07, 6.45) is 14.2. The number of hydrogen-bond acceptors (Lipinski definition) is 4. The van der Waals surface area contributed by atoms with Gasteiger partial charge in [0.15, 0.2) is 0 Å². The van der Waals surface area contributed by atoms with Crippen molar-refractivity contribution in [3.8, 4) is 0 Å². The predicted octanol–water partition coefficient (Wildman–Crippen LogP) is 3.44. The molecule has 146 valence electrons. The van der Waals surface area contributed by atoms with E-state index in [1.807, 2.05) is 6.92 Å². The van der Waals surface area contributed by atoms with Crippen molar-refractivity contribution in [2.45, 2.75) is 103 Å². The molecular weight excluding hydrogens is 326 g/mol. The van der Waals surface area contributed by atoms with Crippen LogP contribution in [0.25, 0.3) is 0 Å². The summed E-state index contributed by atoms with van der Waals surface area (Å²) in [6.45, 7) is 4.26. The zero-order chi connectivity index (χ0) is 18.5. The van der Waals surface area contributed by atoms with E-state index in [1.54, 1.807) is 0 Å². The number of ether oxygens (including phenoxy) is 1. The van der Waals surface area contributed by atoms with Crippen molar-refractivity contribution in [1.29, 1.82) is 0 Å². The van der Waals surface area contributed by atoms with E-state index >= 15 is 0 Å². The van der Waals surface area contributed by atoms with Crippen LogP contribution in [0.1, 0.15) is 84.5 Å². The maximum absolute atomic E-state index is 12.2.